The Hall–Kier alpha value is -2.70. The molecule has 1 fully saturated rings. The summed E-state index contributed by atoms with van der Waals surface area (Å²) in [5.74, 6) is 1.31. The number of nitrogens with zero attached hydrogens (tertiary/aromatic N) is 2. The number of nitrogens with one attached hydrogen (secondary N) is 2. The molecule has 7 heteroatoms. The van der Waals surface area contributed by atoms with Crippen molar-refractivity contribution in [3.05, 3.63) is 75.3 Å². The molecule has 0 bridgehead atoms. The Balaban J connectivity index is 1.53. The van der Waals surface area contributed by atoms with Gasteiger partial charge >= 0.3 is 0 Å². The van der Waals surface area contributed by atoms with Gasteiger partial charge in [-0.15, -0.1) is 0 Å². The molecule has 0 atom stereocenters. The maximum atomic E-state index is 11.8. The highest BCUT2D eigenvalue weighted by Gasteiger charge is 2.36. The summed E-state index contributed by atoms with van der Waals surface area (Å²) < 4.78 is 5.61. The average Bonchev–Trinajstić information content (AvgIpc) is 2.78. The third kappa shape index (κ3) is 4.40. The topological polar surface area (TPSA) is 79.9 Å². The molecule has 30 heavy (non-hydrogen) atoms. The molecule has 1 saturated heterocycles. The van der Waals surface area contributed by atoms with Crippen LogP contribution >= 0.6 is 11.6 Å². The Morgan fingerprint density at radius 1 is 1.20 bits per heavy atom. The van der Waals surface area contributed by atoms with Crippen LogP contribution < -0.4 is 10.9 Å². The third-order valence-electron chi connectivity index (χ3n) is 5.70. The number of benzene rings is 1. The monoisotopic (exact) mass is 424 g/mol. The van der Waals surface area contributed by atoms with E-state index in [0.717, 1.165) is 40.5 Å². The van der Waals surface area contributed by atoms with E-state index >= 15 is 0 Å². The SMILES string of the molecule is CCc1cc(=O)[nH]c(-c2ccc(NCC3(c4ccccc4Cl)CCOCC3)nc2)n1. The quantitative estimate of drug-likeness (QED) is 0.619. The molecule has 156 valence electrons. The zero-order valence-corrected chi connectivity index (χ0v) is 17.7. The fourth-order valence-electron chi connectivity index (χ4n) is 3.92. The van der Waals surface area contributed by atoms with Crippen molar-refractivity contribution in [3.8, 4) is 11.4 Å². The predicted molar refractivity (Wildman–Crippen MR) is 119 cm³/mol. The lowest BCUT2D eigenvalue weighted by Gasteiger charge is -2.38. The van der Waals surface area contributed by atoms with Crippen LogP contribution in [0.3, 0.4) is 0 Å². The van der Waals surface area contributed by atoms with Crippen LogP contribution in [0.2, 0.25) is 5.02 Å². The standard InChI is InChI=1S/C23H25ClN4O2/c1-2-17-13-21(29)28-22(27-17)16-7-8-20(25-14-16)26-15-23(9-11-30-12-10-23)18-5-3-4-6-19(18)24/h3-8,13-14H,2,9-12,15H2,1H3,(H,25,26)(H,27,28,29). The molecular formula is C23H25ClN4O2. The molecule has 2 N–H and O–H groups in total. The first-order valence-corrected chi connectivity index (χ1v) is 10.6. The van der Waals surface area contributed by atoms with Crippen molar-refractivity contribution < 1.29 is 4.74 Å². The summed E-state index contributed by atoms with van der Waals surface area (Å²) in [6, 6.07) is 13.4. The number of halogens is 1. The van der Waals surface area contributed by atoms with Gasteiger partial charge in [-0.3, -0.25) is 4.79 Å². The van der Waals surface area contributed by atoms with Crippen LogP contribution in [-0.4, -0.2) is 34.7 Å². The lowest BCUT2D eigenvalue weighted by Crippen LogP contribution is -2.40. The average molecular weight is 425 g/mol. The van der Waals surface area contributed by atoms with E-state index in [-0.39, 0.29) is 11.0 Å². The van der Waals surface area contributed by atoms with Gasteiger partial charge in [0.05, 0.1) is 0 Å². The second-order valence-electron chi connectivity index (χ2n) is 7.60. The van der Waals surface area contributed by atoms with Gasteiger partial charge in [-0.25, -0.2) is 9.97 Å². The Morgan fingerprint density at radius 2 is 2.00 bits per heavy atom. The Labute approximate surface area is 180 Å². The van der Waals surface area contributed by atoms with E-state index in [0.29, 0.717) is 32.0 Å². The first-order chi connectivity index (χ1) is 14.6. The van der Waals surface area contributed by atoms with Crippen molar-refractivity contribution in [2.24, 2.45) is 0 Å². The lowest BCUT2D eigenvalue weighted by molar-refractivity contribution is 0.0544. The highest BCUT2D eigenvalue weighted by molar-refractivity contribution is 6.31. The van der Waals surface area contributed by atoms with Crippen molar-refractivity contribution in [2.75, 3.05) is 25.1 Å². The fourth-order valence-corrected chi connectivity index (χ4v) is 4.25. The number of ether oxygens (including phenoxy) is 1. The number of rotatable bonds is 6. The minimum absolute atomic E-state index is 0.0980. The van der Waals surface area contributed by atoms with E-state index in [9.17, 15) is 4.79 Å². The van der Waals surface area contributed by atoms with Gasteiger partial charge in [-0.1, -0.05) is 36.7 Å². The van der Waals surface area contributed by atoms with Gasteiger partial charge in [0.15, 0.2) is 0 Å². The number of anilines is 1. The molecule has 0 aliphatic carbocycles. The van der Waals surface area contributed by atoms with Crippen LogP contribution in [0.4, 0.5) is 5.82 Å². The van der Waals surface area contributed by atoms with E-state index in [1.165, 1.54) is 6.07 Å². The van der Waals surface area contributed by atoms with Crippen LogP contribution in [-0.2, 0) is 16.6 Å². The first kappa shape index (κ1) is 20.6. The van der Waals surface area contributed by atoms with Gasteiger partial charge in [0.2, 0.25) is 0 Å². The van der Waals surface area contributed by atoms with Gasteiger partial charge in [0.1, 0.15) is 11.6 Å². The first-order valence-electron chi connectivity index (χ1n) is 10.2. The van der Waals surface area contributed by atoms with E-state index in [1.807, 2.05) is 37.3 Å². The largest absolute Gasteiger partial charge is 0.381 e. The molecule has 6 nitrogen and oxygen atoms in total. The van der Waals surface area contributed by atoms with Gasteiger partial charge in [0, 0.05) is 53.7 Å². The van der Waals surface area contributed by atoms with E-state index in [2.05, 4.69) is 26.3 Å². The van der Waals surface area contributed by atoms with Gasteiger partial charge in [0.25, 0.3) is 5.56 Å². The van der Waals surface area contributed by atoms with E-state index in [1.54, 1.807) is 6.20 Å². The number of aromatic amines is 1. The zero-order chi connectivity index (χ0) is 21.0. The van der Waals surface area contributed by atoms with Crippen LogP contribution in [0, 0.1) is 0 Å². The van der Waals surface area contributed by atoms with Gasteiger partial charge in [-0.05, 0) is 43.0 Å². The van der Waals surface area contributed by atoms with Gasteiger partial charge in [-0.2, -0.15) is 0 Å². The Bertz CT molecular complexity index is 1060. The normalized spacial score (nSPS) is 15.7. The summed E-state index contributed by atoms with van der Waals surface area (Å²) in [5.41, 5.74) is 2.44. The summed E-state index contributed by atoms with van der Waals surface area (Å²) in [4.78, 5) is 23.6. The van der Waals surface area contributed by atoms with Crippen molar-refractivity contribution in [1.82, 2.24) is 15.0 Å². The van der Waals surface area contributed by atoms with E-state index in [4.69, 9.17) is 16.3 Å². The molecule has 4 rings (SSSR count). The Morgan fingerprint density at radius 3 is 2.70 bits per heavy atom. The number of pyridine rings is 1. The molecule has 0 radical (unpaired) electrons. The molecule has 0 saturated carbocycles. The summed E-state index contributed by atoms with van der Waals surface area (Å²) >= 11 is 6.53. The number of hydrogen-bond acceptors (Lipinski definition) is 5. The Kier molecular flexibility index (Phi) is 6.16. The summed E-state index contributed by atoms with van der Waals surface area (Å²) in [6.45, 7) is 4.12. The van der Waals surface area contributed by atoms with Crippen molar-refractivity contribution >= 4 is 17.4 Å². The summed E-state index contributed by atoms with van der Waals surface area (Å²) in [5, 5.41) is 4.26. The molecular weight excluding hydrogens is 400 g/mol. The second kappa shape index (κ2) is 8.98. The molecule has 1 aliphatic heterocycles. The van der Waals surface area contributed by atoms with Crippen LogP contribution in [0.15, 0.2) is 53.5 Å². The van der Waals surface area contributed by atoms with Crippen LogP contribution in [0.25, 0.3) is 11.4 Å². The van der Waals surface area contributed by atoms with Crippen molar-refractivity contribution in [3.63, 3.8) is 0 Å². The number of aryl methyl sites for hydroxylation is 1. The maximum absolute atomic E-state index is 11.8. The maximum Gasteiger partial charge on any atom is 0.251 e. The molecule has 0 amide bonds. The highest BCUT2D eigenvalue weighted by atomic mass is 35.5. The molecule has 0 spiro atoms. The molecule has 1 aromatic carbocycles. The predicted octanol–water partition coefficient (Wildman–Crippen LogP) is 4.21. The third-order valence-corrected chi connectivity index (χ3v) is 6.03. The zero-order valence-electron chi connectivity index (χ0n) is 17.0. The number of hydrogen-bond donors (Lipinski definition) is 2. The summed E-state index contributed by atoms with van der Waals surface area (Å²) in [7, 11) is 0. The molecule has 0 unspecified atom stereocenters. The van der Waals surface area contributed by atoms with E-state index < -0.39 is 0 Å². The number of H-pyrrole nitrogens is 1. The van der Waals surface area contributed by atoms with Crippen molar-refractivity contribution in [2.45, 2.75) is 31.6 Å². The van der Waals surface area contributed by atoms with Crippen LogP contribution in [0.5, 0.6) is 0 Å². The number of aromatic nitrogens is 3. The van der Waals surface area contributed by atoms with Gasteiger partial charge < -0.3 is 15.0 Å². The molecule has 3 aromatic rings. The molecule has 3 heterocycles. The van der Waals surface area contributed by atoms with Crippen LogP contribution in [0.1, 0.15) is 31.0 Å². The second-order valence-corrected chi connectivity index (χ2v) is 8.00. The minimum atomic E-state index is -0.153. The fraction of sp³-hybridized carbons (Fsp3) is 0.348. The highest BCUT2D eigenvalue weighted by Crippen LogP contribution is 2.38. The molecule has 1 aliphatic rings. The van der Waals surface area contributed by atoms with Crippen molar-refractivity contribution in [1.29, 1.82) is 0 Å². The lowest BCUT2D eigenvalue weighted by atomic mass is 9.74. The smallest absolute Gasteiger partial charge is 0.251 e. The minimum Gasteiger partial charge on any atom is -0.381 e. The molecule has 2 aromatic heterocycles. The summed E-state index contributed by atoms with van der Waals surface area (Å²) in [6.07, 6.45) is 4.23.